The van der Waals surface area contributed by atoms with Gasteiger partial charge in [0.1, 0.15) is 17.1 Å². The minimum Gasteiger partial charge on any atom is -0.477 e. The summed E-state index contributed by atoms with van der Waals surface area (Å²) in [5.74, 6) is -1.57. The number of nitrogens with zero attached hydrogens (tertiary/aromatic N) is 3. The van der Waals surface area contributed by atoms with Gasteiger partial charge in [0.15, 0.2) is 5.75 Å². The SMILES string of the molecule is Cn1cc(C(=O)N[C@@H]2C(=O)N3C(C(=O)O)=C(C=NOc4ccccc4)CS[C@@H]23)ccc1=O. The number of benzene rings is 1. The van der Waals surface area contributed by atoms with Crippen LogP contribution in [0.25, 0.3) is 0 Å². The van der Waals surface area contributed by atoms with Crippen molar-refractivity contribution in [3.05, 3.63) is 75.8 Å². The summed E-state index contributed by atoms with van der Waals surface area (Å²) in [6.45, 7) is 0. The maximum Gasteiger partial charge on any atom is 0.353 e. The number of carbonyl (C=O) groups excluding carboxylic acids is 2. The lowest BCUT2D eigenvalue weighted by atomic mass is 10.0. The third kappa shape index (κ3) is 4.02. The van der Waals surface area contributed by atoms with Crippen LogP contribution in [0.15, 0.2) is 69.9 Å². The van der Waals surface area contributed by atoms with E-state index in [2.05, 4.69) is 10.5 Å². The van der Waals surface area contributed by atoms with E-state index in [0.29, 0.717) is 11.3 Å². The van der Waals surface area contributed by atoms with Crippen LogP contribution in [0.3, 0.4) is 0 Å². The van der Waals surface area contributed by atoms with Crippen molar-refractivity contribution >= 4 is 35.8 Å². The van der Waals surface area contributed by atoms with Gasteiger partial charge in [0, 0.05) is 30.6 Å². The van der Waals surface area contributed by atoms with Crippen molar-refractivity contribution in [1.29, 1.82) is 0 Å². The minimum atomic E-state index is -1.27. The molecular weight excluding hydrogens is 436 g/mol. The van der Waals surface area contributed by atoms with Crippen molar-refractivity contribution in [1.82, 2.24) is 14.8 Å². The molecule has 2 aliphatic rings. The van der Waals surface area contributed by atoms with Crippen molar-refractivity contribution in [2.45, 2.75) is 11.4 Å². The highest BCUT2D eigenvalue weighted by Gasteiger charge is 2.54. The van der Waals surface area contributed by atoms with Gasteiger partial charge in [0.05, 0.1) is 11.8 Å². The molecule has 0 aliphatic carbocycles. The molecule has 2 aromatic rings. The molecule has 2 aliphatic heterocycles. The van der Waals surface area contributed by atoms with Gasteiger partial charge in [0.2, 0.25) is 5.56 Å². The largest absolute Gasteiger partial charge is 0.477 e. The number of carbonyl (C=O) groups is 3. The zero-order valence-electron chi connectivity index (χ0n) is 16.8. The summed E-state index contributed by atoms with van der Waals surface area (Å²) in [7, 11) is 1.51. The van der Waals surface area contributed by atoms with Crippen molar-refractivity contribution in [2.24, 2.45) is 12.2 Å². The van der Waals surface area contributed by atoms with Crippen LogP contribution in [0.1, 0.15) is 10.4 Å². The second-order valence-corrected chi connectivity index (χ2v) is 8.15. The molecule has 1 saturated heterocycles. The molecule has 0 spiro atoms. The summed E-state index contributed by atoms with van der Waals surface area (Å²) in [6, 6.07) is 10.5. The fourth-order valence-electron chi connectivity index (χ4n) is 3.33. The molecule has 2 atom stereocenters. The quantitative estimate of drug-likeness (QED) is 0.375. The molecule has 2 N–H and O–H groups in total. The Morgan fingerprint density at radius 3 is 2.66 bits per heavy atom. The number of aryl methyl sites for hydroxylation is 1. The number of aliphatic carboxylic acids is 1. The van der Waals surface area contributed by atoms with E-state index >= 15 is 0 Å². The Morgan fingerprint density at radius 1 is 1.22 bits per heavy atom. The lowest BCUT2D eigenvalue weighted by molar-refractivity contribution is -0.148. The van der Waals surface area contributed by atoms with E-state index in [-0.39, 0.29) is 22.6 Å². The first-order chi connectivity index (χ1) is 15.4. The van der Waals surface area contributed by atoms with E-state index < -0.39 is 29.2 Å². The Balaban J connectivity index is 1.49. The number of pyridine rings is 1. The van der Waals surface area contributed by atoms with Gasteiger partial charge in [-0.05, 0) is 18.2 Å². The van der Waals surface area contributed by atoms with Crippen LogP contribution < -0.4 is 15.7 Å². The first kappa shape index (κ1) is 21.4. The molecule has 1 fully saturated rings. The second kappa shape index (κ2) is 8.71. The lowest BCUT2D eigenvalue weighted by Gasteiger charge is -2.49. The van der Waals surface area contributed by atoms with E-state index in [1.54, 1.807) is 24.3 Å². The average Bonchev–Trinajstić information content (AvgIpc) is 2.79. The lowest BCUT2D eigenvalue weighted by Crippen LogP contribution is -2.70. The fourth-order valence-corrected chi connectivity index (χ4v) is 4.62. The van der Waals surface area contributed by atoms with Gasteiger partial charge in [-0.2, -0.15) is 0 Å². The second-order valence-electron chi connectivity index (χ2n) is 7.05. The Kier molecular flexibility index (Phi) is 5.82. The number of para-hydroxylation sites is 1. The number of nitrogens with one attached hydrogen (secondary N) is 1. The summed E-state index contributed by atoms with van der Waals surface area (Å²) in [6.07, 6.45) is 2.65. The van der Waals surface area contributed by atoms with E-state index in [1.807, 2.05) is 6.07 Å². The van der Waals surface area contributed by atoms with E-state index in [0.717, 1.165) is 4.90 Å². The molecule has 11 heteroatoms. The molecule has 32 heavy (non-hydrogen) atoms. The van der Waals surface area contributed by atoms with Crippen LogP contribution in [-0.2, 0) is 16.6 Å². The first-order valence-corrected chi connectivity index (χ1v) is 10.6. The minimum absolute atomic E-state index is 0.188. The van der Waals surface area contributed by atoms with Crippen molar-refractivity contribution < 1.29 is 24.3 Å². The molecule has 0 radical (unpaired) electrons. The maximum absolute atomic E-state index is 12.7. The molecule has 0 unspecified atom stereocenters. The number of fused-ring (bicyclic) bond motifs is 1. The molecule has 1 aromatic heterocycles. The third-order valence-corrected chi connectivity index (χ3v) is 6.25. The van der Waals surface area contributed by atoms with Crippen LogP contribution in [0.5, 0.6) is 5.75 Å². The smallest absolute Gasteiger partial charge is 0.353 e. The number of rotatable bonds is 6. The third-order valence-electron chi connectivity index (χ3n) is 4.94. The van der Waals surface area contributed by atoms with E-state index in [4.69, 9.17) is 4.84 Å². The van der Waals surface area contributed by atoms with Gasteiger partial charge >= 0.3 is 5.97 Å². The van der Waals surface area contributed by atoms with Gasteiger partial charge in [-0.25, -0.2) is 4.79 Å². The summed E-state index contributed by atoms with van der Waals surface area (Å²) >= 11 is 1.31. The average molecular weight is 454 g/mol. The summed E-state index contributed by atoms with van der Waals surface area (Å²) in [4.78, 5) is 55.0. The first-order valence-electron chi connectivity index (χ1n) is 9.51. The van der Waals surface area contributed by atoms with E-state index in [1.165, 1.54) is 47.9 Å². The number of oxime groups is 1. The highest BCUT2D eigenvalue weighted by atomic mass is 32.2. The Hall–Kier alpha value is -3.86. The van der Waals surface area contributed by atoms with Crippen LogP contribution in [0.4, 0.5) is 0 Å². The summed E-state index contributed by atoms with van der Waals surface area (Å²) in [5, 5.41) is 15.6. The van der Waals surface area contributed by atoms with Crippen LogP contribution in [0.2, 0.25) is 0 Å². The maximum atomic E-state index is 12.7. The van der Waals surface area contributed by atoms with Crippen molar-refractivity contribution in [2.75, 3.05) is 5.75 Å². The van der Waals surface area contributed by atoms with E-state index in [9.17, 15) is 24.3 Å². The predicted octanol–water partition coefficient (Wildman–Crippen LogP) is 0.802. The van der Waals surface area contributed by atoms with Crippen molar-refractivity contribution in [3.8, 4) is 5.75 Å². The van der Waals surface area contributed by atoms with Gasteiger partial charge in [-0.1, -0.05) is 23.4 Å². The van der Waals surface area contributed by atoms with Crippen LogP contribution in [0, 0.1) is 0 Å². The van der Waals surface area contributed by atoms with Crippen molar-refractivity contribution in [3.63, 3.8) is 0 Å². The fraction of sp³-hybridized carbons (Fsp3) is 0.190. The van der Waals surface area contributed by atoms with Gasteiger partial charge in [0.25, 0.3) is 11.8 Å². The summed E-state index contributed by atoms with van der Waals surface area (Å²) in [5.41, 5.74) is 0.0913. The Labute approximate surface area is 186 Å². The summed E-state index contributed by atoms with van der Waals surface area (Å²) < 4.78 is 1.26. The molecule has 3 heterocycles. The number of carboxylic acids is 1. The molecule has 0 saturated carbocycles. The van der Waals surface area contributed by atoms with Crippen LogP contribution in [-0.4, -0.2) is 55.7 Å². The molecule has 0 bridgehead atoms. The van der Waals surface area contributed by atoms with Gasteiger partial charge < -0.3 is 19.8 Å². The Bertz CT molecular complexity index is 1210. The number of aromatic nitrogens is 1. The molecule has 10 nitrogen and oxygen atoms in total. The number of thioether (sulfide) groups is 1. The standard InChI is InChI=1S/C21H18N4O6S/c1-24-10-12(7-8-15(24)26)18(27)23-16-19(28)25-17(21(29)30)13(11-32-20(16)25)9-22-31-14-5-3-2-4-6-14/h2-10,16,20H,11H2,1H3,(H,23,27)(H,29,30)/t16-,20+/m1/s1. The zero-order valence-corrected chi connectivity index (χ0v) is 17.6. The Morgan fingerprint density at radius 2 is 1.97 bits per heavy atom. The zero-order chi connectivity index (χ0) is 22.8. The molecular formula is C21H18N4O6S. The topological polar surface area (TPSA) is 130 Å². The number of amides is 2. The van der Waals surface area contributed by atoms with Gasteiger partial charge in [-0.15, -0.1) is 11.8 Å². The highest BCUT2D eigenvalue weighted by Crippen LogP contribution is 2.40. The molecule has 2 amide bonds. The molecule has 164 valence electrons. The molecule has 1 aromatic carbocycles. The normalized spacial score (nSPS) is 20.0. The number of carboxylic acid groups (broad SMARTS) is 1. The predicted molar refractivity (Wildman–Crippen MR) is 116 cm³/mol. The van der Waals surface area contributed by atoms with Gasteiger partial charge in [-0.3, -0.25) is 19.3 Å². The number of hydrogen-bond acceptors (Lipinski definition) is 7. The monoisotopic (exact) mass is 454 g/mol. The molecule has 4 rings (SSSR count). The number of β-lactam (4-membered cyclic amide) rings is 1. The number of hydrogen-bond donors (Lipinski definition) is 2. The highest BCUT2D eigenvalue weighted by molar-refractivity contribution is 8.00. The van der Waals surface area contributed by atoms with Crippen LogP contribution >= 0.6 is 11.8 Å².